The standard InChI is InChI=1S/C18H23FN2O3/c1-18(13-7-3-2-4-8-13)16(22)21(17(23)20-18)11-12-24-15-10-6-5-9-14(15)19/h5-6,9-10,13H,2-4,7-8,11-12H2,1H3,(H,20,23)/t18-/m1/s1. The zero-order chi connectivity index (χ0) is 17.2. The summed E-state index contributed by atoms with van der Waals surface area (Å²) in [4.78, 5) is 26.2. The first kappa shape index (κ1) is 16.7. The number of carbonyl (C=O) groups excluding carboxylic acids is 2. The molecule has 1 saturated heterocycles. The number of hydrogen-bond acceptors (Lipinski definition) is 3. The topological polar surface area (TPSA) is 58.6 Å². The first-order chi connectivity index (χ1) is 11.5. The number of halogens is 1. The van der Waals surface area contributed by atoms with Crippen LogP contribution in [0.2, 0.25) is 0 Å². The molecule has 24 heavy (non-hydrogen) atoms. The Morgan fingerprint density at radius 1 is 1.25 bits per heavy atom. The average molecular weight is 334 g/mol. The molecule has 3 amide bonds. The lowest BCUT2D eigenvalue weighted by Crippen LogP contribution is -2.51. The lowest BCUT2D eigenvalue weighted by Gasteiger charge is -2.34. The minimum absolute atomic E-state index is 0.0703. The average Bonchev–Trinajstić information content (AvgIpc) is 2.81. The van der Waals surface area contributed by atoms with Crippen LogP contribution in [0.5, 0.6) is 5.75 Å². The molecule has 0 radical (unpaired) electrons. The number of amides is 3. The molecule has 2 fully saturated rings. The molecule has 1 atom stereocenters. The van der Waals surface area contributed by atoms with Crippen molar-refractivity contribution >= 4 is 11.9 Å². The molecule has 1 aliphatic heterocycles. The van der Waals surface area contributed by atoms with Crippen LogP contribution in [0.25, 0.3) is 0 Å². The summed E-state index contributed by atoms with van der Waals surface area (Å²) in [6, 6.07) is 5.70. The molecule has 1 heterocycles. The lowest BCUT2D eigenvalue weighted by atomic mass is 9.75. The van der Waals surface area contributed by atoms with Gasteiger partial charge >= 0.3 is 6.03 Å². The van der Waals surface area contributed by atoms with Crippen molar-refractivity contribution in [1.82, 2.24) is 10.2 Å². The molecule has 2 aliphatic rings. The number of hydrogen-bond donors (Lipinski definition) is 1. The molecule has 1 aliphatic carbocycles. The molecule has 0 aromatic heterocycles. The predicted octanol–water partition coefficient (Wildman–Crippen LogP) is 3.10. The van der Waals surface area contributed by atoms with Crippen molar-refractivity contribution in [3.63, 3.8) is 0 Å². The van der Waals surface area contributed by atoms with Gasteiger partial charge < -0.3 is 10.1 Å². The van der Waals surface area contributed by atoms with Gasteiger partial charge in [0, 0.05) is 0 Å². The van der Waals surface area contributed by atoms with E-state index in [9.17, 15) is 14.0 Å². The Morgan fingerprint density at radius 2 is 1.96 bits per heavy atom. The van der Waals surface area contributed by atoms with E-state index in [1.807, 2.05) is 6.92 Å². The van der Waals surface area contributed by atoms with E-state index in [2.05, 4.69) is 5.32 Å². The van der Waals surface area contributed by atoms with Gasteiger partial charge in [-0.2, -0.15) is 0 Å². The molecule has 1 aromatic rings. The monoisotopic (exact) mass is 334 g/mol. The number of rotatable bonds is 5. The van der Waals surface area contributed by atoms with E-state index in [1.165, 1.54) is 23.5 Å². The molecule has 130 valence electrons. The molecule has 5 nitrogen and oxygen atoms in total. The number of para-hydroxylation sites is 1. The van der Waals surface area contributed by atoms with Crippen LogP contribution in [-0.4, -0.2) is 35.5 Å². The van der Waals surface area contributed by atoms with Gasteiger partial charge in [0.25, 0.3) is 5.91 Å². The normalized spacial score (nSPS) is 25.0. The molecule has 0 bridgehead atoms. The maximum Gasteiger partial charge on any atom is 0.325 e. The fraction of sp³-hybridized carbons (Fsp3) is 0.556. The summed E-state index contributed by atoms with van der Waals surface area (Å²) in [6.45, 7) is 2.00. The summed E-state index contributed by atoms with van der Waals surface area (Å²) in [5.74, 6) is -0.349. The van der Waals surface area contributed by atoms with E-state index in [1.54, 1.807) is 12.1 Å². The van der Waals surface area contributed by atoms with E-state index in [4.69, 9.17) is 4.74 Å². The predicted molar refractivity (Wildman–Crippen MR) is 87.1 cm³/mol. The Bertz CT molecular complexity index is 630. The van der Waals surface area contributed by atoms with Gasteiger partial charge in [0.15, 0.2) is 11.6 Å². The van der Waals surface area contributed by atoms with Gasteiger partial charge in [0.2, 0.25) is 0 Å². The van der Waals surface area contributed by atoms with Gasteiger partial charge in [0.05, 0.1) is 6.54 Å². The summed E-state index contributed by atoms with van der Waals surface area (Å²) in [6.07, 6.45) is 5.30. The molecule has 3 rings (SSSR count). The minimum Gasteiger partial charge on any atom is -0.489 e. The molecule has 1 saturated carbocycles. The van der Waals surface area contributed by atoms with Gasteiger partial charge in [-0.25, -0.2) is 9.18 Å². The first-order valence-electron chi connectivity index (χ1n) is 8.54. The number of urea groups is 1. The number of carbonyl (C=O) groups is 2. The first-order valence-corrected chi connectivity index (χ1v) is 8.54. The Hall–Kier alpha value is -2.11. The Labute approximate surface area is 141 Å². The lowest BCUT2D eigenvalue weighted by molar-refractivity contribution is -0.133. The summed E-state index contributed by atoms with van der Waals surface area (Å²) < 4.78 is 18.9. The van der Waals surface area contributed by atoms with Crippen molar-refractivity contribution in [2.45, 2.75) is 44.6 Å². The van der Waals surface area contributed by atoms with Gasteiger partial charge in [0.1, 0.15) is 12.1 Å². The zero-order valence-corrected chi connectivity index (χ0v) is 13.9. The van der Waals surface area contributed by atoms with E-state index >= 15 is 0 Å². The van der Waals surface area contributed by atoms with Crippen LogP contribution in [0.3, 0.4) is 0 Å². The fourth-order valence-corrected chi connectivity index (χ4v) is 3.68. The number of nitrogens with one attached hydrogen (secondary N) is 1. The number of benzene rings is 1. The minimum atomic E-state index is -0.824. The van der Waals surface area contributed by atoms with E-state index in [0.29, 0.717) is 0 Å². The third kappa shape index (κ3) is 3.09. The highest BCUT2D eigenvalue weighted by atomic mass is 19.1. The van der Waals surface area contributed by atoms with Crippen LogP contribution >= 0.6 is 0 Å². The molecule has 0 unspecified atom stereocenters. The Morgan fingerprint density at radius 3 is 2.67 bits per heavy atom. The van der Waals surface area contributed by atoms with Crippen LogP contribution in [0.4, 0.5) is 9.18 Å². The maximum atomic E-state index is 13.5. The molecule has 0 spiro atoms. The summed E-state index contributed by atoms with van der Waals surface area (Å²) in [5.41, 5.74) is -0.824. The van der Waals surface area contributed by atoms with Crippen molar-refractivity contribution in [3.05, 3.63) is 30.1 Å². The Kier molecular flexibility index (Phi) is 4.73. The second kappa shape index (κ2) is 6.79. The van der Waals surface area contributed by atoms with Crippen molar-refractivity contribution in [1.29, 1.82) is 0 Å². The SMILES string of the molecule is C[C@]1(C2CCCCC2)NC(=O)N(CCOc2ccccc2F)C1=O. The zero-order valence-electron chi connectivity index (χ0n) is 13.9. The van der Waals surface area contributed by atoms with Crippen LogP contribution in [-0.2, 0) is 4.79 Å². The number of ether oxygens (including phenoxy) is 1. The maximum absolute atomic E-state index is 13.5. The smallest absolute Gasteiger partial charge is 0.325 e. The molecular weight excluding hydrogens is 311 g/mol. The van der Waals surface area contributed by atoms with Gasteiger partial charge in [-0.3, -0.25) is 9.69 Å². The van der Waals surface area contributed by atoms with E-state index in [0.717, 1.165) is 25.7 Å². The van der Waals surface area contributed by atoms with Crippen LogP contribution in [0.1, 0.15) is 39.0 Å². The Balaban J connectivity index is 1.61. The van der Waals surface area contributed by atoms with Gasteiger partial charge in [-0.15, -0.1) is 0 Å². The third-order valence-electron chi connectivity index (χ3n) is 5.13. The van der Waals surface area contributed by atoms with Crippen molar-refractivity contribution in [2.75, 3.05) is 13.2 Å². The number of nitrogens with zero attached hydrogens (tertiary/aromatic N) is 1. The van der Waals surface area contributed by atoms with Crippen LogP contribution < -0.4 is 10.1 Å². The third-order valence-corrected chi connectivity index (χ3v) is 5.13. The van der Waals surface area contributed by atoms with Crippen molar-refractivity contribution in [3.8, 4) is 5.75 Å². The van der Waals surface area contributed by atoms with Gasteiger partial charge in [-0.1, -0.05) is 31.4 Å². The highest BCUT2D eigenvalue weighted by Gasteiger charge is 2.52. The summed E-state index contributed by atoms with van der Waals surface area (Å²) >= 11 is 0. The highest BCUT2D eigenvalue weighted by molar-refractivity contribution is 6.07. The molecule has 6 heteroatoms. The van der Waals surface area contributed by atoms with E-state index < -0.39 is 11.4 Å². The van der Waals surface area contributed by atoms with E-state index in [-0.39, 0.29) is 36.8 Å². The van der Waals surface area contributed by atoms with Crippen molar-refractivity contribution in [2.24, 2.45) is 5.92 Å². The second-order valence-electron chi connectivity index (χ2n) is 6.70. The summed E-state index contributed by atoms with van der Waals surface area (Å²) in [7, 11) is 0. The molecule has 1 N–H and O–H groups in total. The molecular formula is C18H23FN2O3. The largest absolute Gasteiger partial charge is 0.489 e. The molecule has 1 aromatic carbocycles. The van der Waals surface area contributed by atoms with Gasteiger partial charge in [-0.05, 0) is 37.8 Å². The van der Waals surface area contributed by atoms with Crippen LogP contribution in [0.15, 0.2) is 24.3 Å². The van der Waals surface area contributed by atoms with Crippen molar-refractivity contribution < 1.29 is 18.7 Å². The number of imide groups is 1. The quantitative estimate of drug-likeness (QED) is 0.842. The van der Waals surface area contributed by atoms with Crippen LogP contribution in [0, 0.1) is 11.7 Å². The second-order valence-corrected chi connectivity index (χ2v) is 6.70. The summed E-state index contributed by atoms with van der Waals surface area (Å²) in [5, 5.41) is 2.87. The highest BCUT2D eigenvalue weighted by Crippen LogP contribution is 2.36. The fourth-order valence-electron chi connectivity index (χ4n) is 3.68.